The van der Waals surface area contributed by atoms with Crippen molar-refractivity contribution < 1.29 is 12.8 Å². The lowest BCUT2D eigenvalue weighted by molar-refractivity contribution is 0.598. The number of hydrogen-bond donors (Lipinski definition) is 2. The van der Waals surface area contributed by atoms with Crippen LogP contribution in [0.5, 0.6) is 0 Å². The highest BCUT2D eigenvalue weighted by Gasteiger charge is 2.16. The average Bonchev–Trinajstić information content (AvgIpc) is 2.28. The van der Waals surface area contributed by atoms with Crippen molar-refractivity contribution in [1.29, 1.82) is 5.41 Å². The number of nitrogens with one attached hydrogen (secondary N) is 1. The summed E-state index contributed by atoms with van der Waals surface area (Å²) >= 11 is 3.05. The Hall–Kier alpha value is -1.15. The summed E-state index contributed by atoms with van der Waals surface area (Å²) in [7, 11) is -1.50. The molecule has 1 aromatic rings. The molecule has 0 saturated carbocycles. The Morgan fingerprint density at radius 2 is 2.11 bits per heavy atom. The van der Waals surface area contributed by atoms with E-state index in [0.717, 1.165) is 6.26 Å². The van der Waals surface area contributed by atoms with Crippen molar-refractivity contribution >= 4 is 37.3 Å². The molecule has 0 aromatic heterocycles. The number of amidine groups is 1. The molecule has 0 aliphatic heterocycles. The van der Waals surface area contributed by atoms with Crippen LogP contribution in [0.2, 0.25) is 0 Å². The first-order valence-electron chi connectivity index (χ1n) is 5.34. The summed E-state index contributed by atoms with van der Waals surface area (Å²) in [6.45, 7) is 0.182. The van der Waals surface area contributed by atoms with E-state index >= 15 is 0 Å². The van der Waals surface area contributed by atoms with Gasteiger partial charge in [0, 0.05) is 25.4 Å². The molecular weight excluding hydrogens is 337 g/mol. The first-order chi connectivity index (χ1) is 8.63. The van der Waals surface area contributed by atoms with E-state index in [2.05, 4.69) is 15.9 Å². The van der Waals surface area contributed by atoms with Crippen LogP contribution < -0.4 is 10.6 Å². The van der Waals surface area contributed by atoms with Gasteiger partial charge < -0.3 is 10.6 Å². The molecule has 0 unspecified atom stereocenters. The van der Waals surface area contributed by atoms with Crippen molar-refractivity contribution in [1.82, 2.24) is 0 Å². The van der Waals surface area contributed by atoms with Crippen LogP contribution in [-0.2, 0) is 9.84 Å². The standard InChI is InChI=1S/C11H15BrFN3O2S/c1-16(5-6-19(2,17)18)8-4-3-7(11(14)15)9(12)10(8)13/h3-4H,5-6H2,1-2H3,(H3,14,15). The zero-order valence-electron chi connectivity index (χ0n) is 10.6. The fraction of sp³-hybridized carbons (Fsp3) is 0.364. The molecule has 0 heterocycles. The van der Waals surface area contributed by atoms with Gasteiger partial charge in [0.15, 0.2) is 5.82 Å². The second-order valence-corrected chi connectivity index (χ2v) is 7.28. The number of anilines is 1. The van der Waals surface area contributed by atoms with E-state index in [0.29, 0.717) is 0 Å². The second kappa shape index (κ2) is 5.87. The minimum atomic E-state index is -3.10. The third-order valence-corrected chi connectivity index (χ3v) is 4.26. The van der Waals surface area contributed by atoms with Gasteiger partial charge in [0.2, 0.25) is 0 Å². The quantitative estimate of drug-likeness (QED) is 0.619. The predicted octanol–water partition coefficient (Wildman–Crippen LogP) is 1.35. The minimum Gasteiger partial charge on any atom is -0.384 e. The van der Waals surface area contributed by atoms with Crippen molar-refractivity contribution in [2.24, 2.45) is 5.73 Å². The molecule has 0 radical (unpaired) electrons. The minimum absolute atomic E-state index is 0.0605. The average molecular weight is 352 g/mol. The maximum Gasteiger partial charge on any atom is 0.161 e. The van der Waals surface area contributed by atoms with Crippen molar-refractivity contribution in [3.05, 3.63) is 28.0 Å². The number of nitrogens with zero attached hydrogens (tertiary/aromatic N) is 1. The number of hydrogen-bond acceptors (Lipinski definition) is 4. The zero-order chi connectivity index (χ0) is 14.8. The Morgan fingerprint density at radius 3 is 2.58 bits per heavy atom. The van der Waals surface area contributed by atoms with Crippen LogP contribution >= 0.6 is 15.9 Å². The van der Waals surface area contributed by atoms with Gasteiger partial charge >= 0.3 is 0 Å². The molecule has 0 fully saturated rings. The second-order valence-electron chi connectivity index (χ2n) is 4.23. The summed E-state index contributed by atoms with van der Waals surface area (Å²) in [5.74, 6) is -0.866. The van der Waals surface area contributed by atoms with Gasteiger partial charge in [-0.3, -0.25) is 5.41 Å². The monoisotopic (exact) mass is 351 g/mol. The summed E-state index contributed by atoms with van der Waals surface area (Å²) < 4.78 is 36.4. The first-order valence-corrected chi connectivity index (χ1v) is 8.20. The van der Waals surface area contributed by atoms with Crippen LogP contribution in [0.3, 0.4) is 0 Å². The van der Waals surface area contributed by atoms with E-state index in [-0.39, 0.29) is 33.9 Å². The Labute approximate surface area is 120 Å². The van der Waals surface area contributed by atoms with Gasteiger partial charge in [0.05, 0.1) is 15.9 Å². The predicted molar refractivity (Wildman–Crippen MR) is 78.1 cm³/mol. The maximum atomic E-state index is 14.1. The van der Waals surface area contributed by atoms with Crippen LogP contribution in [0.4, 0.5) is 10.1 Å². The Balaban J connectivity index is 3.02. The fourth-order valence-corrected chi connectivity index (χ4v) is 2.62. The molecule has 5 nitrogen and oxygen atoms in total. The summed E-state index contributed by atoms with van der Waals surface area (Å²) in [5.41, 5.74) is 5.83. The highest BCUT2D eigenvalue weighted by molar-refractivity contribution is 9.10. The van der Waals surface area contributed by atoms with Crippen molar-refractivity contribution in [3.8, 4) is 0 Å². The molecule has 0 amide bonds. The van der Waals surface area contributed by atoms with Gasteiger partial charge in [0.1, 0.15) is 15.7 Å². The number of benzene rings is 1. The molecule has 3 N–H and O–H groups in total. The molecule has 0 aliphatic rings. The maximum absolute atomic E-state index is 14.1. The van der Waals surface area contributed by atoms with Crippen molar-refractivity contribution in [3.63, 3.8) is 0 Å². The first kappa shape index (κ1) is 15.9. The molecular formula is C11H15BrFN3O2S. The van der Waals surface area contributed by atoms with E-state index in [1.165, 1.54) is 17.0 Å². The molecule has 0 atom stereocenters. The van der Waals surface area contributed by atoms with E-state index in [1.807, 2.05) is 0 Å². The van der Waals surface area contributed by atoms with E-state index < -0.39 is 15.7 Å². The molecule has 8 heteroatoms. The van der Waals surface area contributed by atoms with Crippen molar-refractivity contribution in [2.45, 2.75) is 0 Å². The van der Waals surface area contributed by atoms with Crippen LogP contribution in [0.15, 0.2) is 16.6 Å². The summed E-state index contributed by atoms with van der Waals surface area (Å²) in [5, 5.41) is 7.30. The summed E-state index contributed by atoms with van der Waals surface area (Å²) in [4.78, 5) is 1.51. The molecule has 0 aliphatic carbocycles. The largest absolute Gasteiger partial charge is 0.384 e. The van der Waals surface area contributed by atoms with Gasteiger partial charge in [-0.1, -0.05) is 0 Å². The molecule has 19 heavy (non-hydrogen) atoms. The fourth-order valence-electron chi connectivity index (χ4n) is 1.47. The molecule has 1 rings (SSSR count). The number of nitrogens with two attached hydrogens (primary N) is 1. The van der Waals surface area contributed by atoms with Crippen LogP contribution in [0.25, 0.3) is 0 Å². The molecule has 106 valence electrons. The Bertz CT molecular complexity index is 604. The van der Waals surface area contributed by atoms with E-state index in [4.69, 9.17) is 11.1 Å². The van der Waals surface area contributed by atoms with Crippen LogP contribution in [-0.4, -0.2) is 39.9 Å². The van der Waals surface area contributed by atoms with Gasteiger partial charge in [-0.25, -0.2) is 12.8 Å². The molecule has 0 bridgehead atoms. The van der Waals surface area contributed by atoms with Gasteiger partial charge in [-0.15, -0.1) is 0 Å². The van der Waals surface area contributed by atoms with Crippen LogP contribution in [0.1, 0.15) is 5.56 Å². The number of sulfone groups is 1. The lowest BCUT2D eigenvalue weighted by Gasteiger charge is -2.20. The normalized spacial score (nSPS) is 11.4. The molecule has 0 saturated heterocycles. The van der Waals surface area contributed by atoms with Gasteiger partial charge in [-0.05, 0) is 28.1 Å². The smallest absolute Gasteiger partial charge is 0.161 e. The Morgan fingerprint density at radius 1 is 1.53 bits per heavy atom. The zero-order valence-corrected chi connectivity index (χ0v) is 13.0. The number of rotatable bonds is 5. The number of nitrogen functional groups attached to an aromatic ring is 1. The van der Waals surface area contributed by atoms with E-state index in [1.54, 1.807) is 7.05 Å². The molecule has 0 spiro atoms. The van der Waals surface area contributed by atoms with Crippen molar-refractivity contribution in [2.75, 3.05) is 30.5 Å². The topological polar surface area (TPSA) is 87.2 Å². The van der Waals surface area contributed by atoms with Gasteiger partial charge in [-0.2, -0.15) is 0 Å². The summed E-state index contributed by atoms with van der Waals surface area (Å²) in [6, 6.07) is 2.99. The van der Waals surface area contributed by atoms with E-state index in [9.17, 15) is 12.8 Å². The molecule has 1 aromatic carbocycles. The SMILES string of the molecule is CN(CCS(C)(=O)=O)c1ccc(C(=N)N)c(Br)c1F. The third-order valence-electron chi connectivity index (χ3n) is 2.56. The number of halogens is 2. The highest BCUT2D eigenvalue weighted by Crippen LogP contribution is 2.28. The third kappa shape index (κ3) is 4.17. The lowest BCUT2D eigenvalue weighted by atomic mass is 10.1. The lowest BCUT2D eigenvalue weighted by Crippen LogP contribution is -2.26. The van der Waals surface area contributed by atoms with Crippen LogP contribution in [0, 0.1) is 11.2 Å². The summed E-state index contributed by atoms with van der Waals surface area (Å²) in [6.07, 6.45) is 1.13. The Kier molecular flexibility index (Phi) is 4.92. The highest BCUT2D eigenvalue weighted by atomic mass is 79.9. The van der Waals surface area contributed by atoms with Gasteiger partial charge in [0.25, 0.3) is 0 Å².